The van der Waals surface area contributed by atoms with E-state index in [9.17, 15) is 0 Å². The van der Waals surface area contributed by atoms with E-state index in [1.807, 2.05) is 6.07 Å². The third kappa shape index (κ3) is 5.66. The molecule has 10 aromatic carbocycles. The molecule has 0 aliphatic rings. The van der Waals surface area contributed by atoms with Gasteiger partial charge in [0.2, 0.25) is 0 Å². The first-order valence-electron chi connectivity index (χ1n) is 20.9. The number of hydrogen-bond acceptors (Lipinski definition) is 2. The Morgan fingerprint density at radius 2 is 0.934 bits per heavy atom. The lowest BCUT2D eigenvalue weighted by atomic mass is 9.97. The van der Waals surface area contributed by atoms with Crippen molar-refractivity contribution in [2.24, 2.45) is 0 Å². The van der Waals surface area contributed by atoms with Gasteiger partial charge < -0.3 is 13.9 Å². The Balaban J connectivity index is 1.16. The van der Waals surface area contributed by atoms with Gasteiger partial charge in [0.25, 0.3) is 0 Å². The van der Waals surface area contributed by atoms with Crippen molar-refractivity contribution in [2.45, 2.75) is 0 Å². The molecule has 0 aliphatic carbocycles. The Bertz CT molecular complexity index is 3610. The molecule has 286 valence electrons. The molecule has 3 heteroatoms. The predicted octanol–water partition coefficient (Wildman–Crippen LogP) is 16.3. The van der Waals surface area contributed by atoms with Crippen LogP contribution in [0.1, 0.15) is 0 Å². The van der Waals surface area contributed by atoms with Gasteiger partial charge in [-0.1, -0.05) is 182 Å². The molecule has 0 unspecified atom stereocenters. The summed E-state index contributed by atoms with van der Waals surface area (Å²) >= 11 is 0. The van der Waals surface area contributed by atoms with E-state index in [0.29, 0.717) is 0 Å². The number of aromatic nitrogens is 1. The van der Waals surface area contributed by atoms with Crippen LogP contribution in [0.15, 0.2) is 235 Å². The Morgan fingerprint density at radius 1 is 0.344 bits per heavy atom. The molecule has 0 fully saturated rings. The Morgan fingerprint density at radius 3 is 1.80 bits per heavy atom. The van der Waals surface area contributed by atoms with Gasteiger partial charge in [-0.3, -0.25) is 0 Å². The van der Waals surface area contributed by atoms with Crippen LogP contribution in [-0.4, -0.2) is 4.57 Å². The monoisotopic (exact) mass is 778 g/mol. The van der Waals surface area contributed by atoms with Crippen molar-refractivity contribution in [3.63, 3.8) is 0 Å². The molecule has 0 N–H and O–H groups in total. The van der Waals surface area contributed by atoms with Gasteiger partial charge in [0.15, 0.2) is 0 Å². The molecule has 12 rings (SSSR count). The molecule has 2 heterocycles. The highest BCUT2D eigenvalue weighted by Crippen LogP contribution is 2.50. The summed E-state index contributed by atoms with van der Waals surface area (Å²) in [4.78, 5) is 2.48. The molecule has 0 aliphatic heterocycles. The average molecular weight is 779 g/mol. The van der Waals surface area contributed by atoms with E-state index in [-0.39, 0.29) is 0 Å². The maximum absolute atomic E-state index is 6.71. The van der Waals surface area contributed by atoms with Gasteiger partial charge in [-0.25, -0.2) is 0 Å². The fraction of sp³-hybridized carbons (Fsp3) is 0. The number of furan rings is 1. The maximum Gasteiger partial charge on any atom is 0.143 e. The SMILES string of the molecule is c1ccc(-c2ccccc2N(c2ccccc2-c2cccc3c2oc2ccccc23)c2cccc3c2c2ccccc2n3-c2ccccc2-c2ccc3ccccc3c2)cc1. The number of hydrogen-bond donors (Lipinski definition) is 0. The fourth-order valence-electron chi connectivity index (χ4n) is 9.49. The van der Waals surface area contributed by atoms with Crippen LogP contribution in [0.25, 0.3) is 93.6 Å². The molecule has 0 saturated carbocycles. The summed E-state index contributed by atoms with van der Waals surface area (Å²) in [5, 5.41) is 7.03. The lowest BCUT2D eigenvalue weighted by Gasteiger charge is -2.30. The van der Waals surface area contributed by atoms with Crippen molar-refractivity contribution in [3.8, 4) is 39.1 Å². The van der Waals surface area contributed by atoms with E-state index in [4.69, 9.17) is 4.42 Å². The smallest absolute Gasteiger partial charge is 0.143 e. The summed E-state index contributed by atoms with van der Waals surface area (Å²) < 4.78 is 9.17. The molecule has 61 heavy (non-hydrogen) atoms. The van der Waals surface area contributed by atoms with E-state index in [1.54, 1.807) is 0 Å². The minimum atomic E-state index is 0.882. The van der Waals surface area contributed by atoms with Crippen molar-refractivity contribution >= 4 is 71.6 Å². The molecule has 0 bridgehead atoms. The van der Waals surface area contributed by atoms with E-state index < -0.39 is 0 Å². The van der Waals surface area contributed by atoms with Crippen molar-refractivity contribution in [1.82, 2.24) is 4.57 Å². The van der Waals surface area contributed by atoms with Gasteiger partial charge in [-0.15, -0.1) is 0 Å². The lowest BCUT2D eigenvalue weighted by Crippen LogP contribution is -2.13. The molecule has 2 aromatic heterocycles. The molecular weight excluding hydrogens is 741 g/mol. The predicted molar refractivity (Wildman–Crippen MR) is 257 cm³/mol. The zero-order valence-electron chi connectivity index (χ0n) is 33.2. The van der Waals surface area contributed by atoms with Crippen molar-refractivity contribution in [1.29, 1.82) is 0 Å². The molecule has 0 atom stereocenters. The zero-order valence-corrected chi connectivity index (χ0v) is 33.2. The summed E-state index contributed by atoms with van der Waals surface area (Å²) in [6.07, 6.45) is 0. The van der Waals surface area contributed by atoms with Crippen LogP contribution in [0, 0.1) is 0 Å². The van der Waals surface area contributed by atoms with Gasteiger partial charge in [-0.05, 0) is 70.4 Å². The highest BCUT2D eigenvalue weighted by atomic mass is 16.3. The van der Waals surface area contributed by atoms with E-state index >= 15 is 0 Å². The van der Waals surface area contributed by atoms with Crippen LogP contribution in [0.4, 0.5) is 17.1 Å². The molecule has 0 amide bonds. The molecule has 12 aromatic rings. The lowest BCUT2D eigenvalue weighted by molar-refractivity contribution is 0.670. The van der Waals surface area contributed by atoms with Gasteiger partial charge in [0.05, 0.1) is 33.8 Å². The largest absolute Gasteiger partial charge is 0.455 e. The Kier molecular flexibility index (Phi) is 8.17. The summed E-state index contributed by atoms with van der Waals surface area (Å²) in [6, 6.07) is 83.0. The van der Waals surface area contributed by atoms with Crippen LogP contribution in [-0.2, 0) is 0 Å². The van der Waals surface area contributed by atoms with E-state index in [0.717, 1.165) is 78.0 Å². The third-order valence-corrected chi connectivity index (χ3v) is 12.2. The van der Waals surface area contributed by atoms with Crippen LogP contribution in [0.5, 0.6) is 0 Å². The van der Waals surface area contributed by atoms with Crippen LogP contribution in [0.3, 0.4) is 0 Å². The zero-order chi connectivity index (χ0) is 40.3. The van der Waals surface area contributed by atoms with E-state index in [1.165, 1.54) is 32.7 Å². The first-order valence-corrected chi connectivity index (χ1v) is 20.9. The van der Waals surface area contributed by atoms with Gasteiger partial charge >= 0.3 is 0 Å². The van der Waals surface area contributed by atoms with Crippen molar-refractivity contribution in [2.75, 3.05) is 4.90 Å². The van der Waals surface area contributed by atoms with Crippen molar-refractivity contribution < 1.29 is 4.42 Å². The van der Waals surface area contributed by atoms with Crippen LogP contribution >= 0.6 is 0 Å². The highest BCUT2D eigenvalue weighted by molar-refractivity contribution is 6.18. The second kappa shape index (κ2) is 14.3. The minimum Gasteiger partial charge on any atom is -0.455 e. The summed E-state index contributed by atoms with van der Waals surface area (Å²) in [6.45, 7) is 0. The Labute approximate surface area is 353 Å². The summed E-state index contributed by atoms with van der Waals surface area (Å²) in [5.74, 6) is 0. The first kappa shape index (κ1) is 34.9. The number of nitrogens with zero attached hydrogens (tertiary/aromatic N) is 2. The molecule has 0 spiro atoms. The fourth-order valence-corrected chi connectivity index (χ4v) is 9.49. The third-order valence-electron chi connectivity index (χ3n) is 12.2. The number of fused-ring (bicyclic) bond motifs is 7. The first-order chi connectivity index (χ1) is 30.3. The summed E-state index contributed by atoms with van der Waals surface area (Å²) in [5.41, 5.74) is 15.2. The molecule has 0 saturated heterocycles. The highest BCUT2D eigenvalue weighted by Gasteiger charge is 2.26. The maximum atomic E-state index is 6.71. The minimum absolute atomic E-state index is 0.882. The number of rotatable bonds is 7. The average Bonchev–Trinajstić information content (AvgIpc) is 3.89. The van der Waals surface area contributed by atoms with Crippen molar-refractivity contribution in [3.05, 3.63) is 231 Å². The second-order valence-electron chi connectivity index (χ2n) is 15.6. The van der Waals surface area contributed by atoms with E-state index in [2.05, 4.69) is 234 Å². The molecule has 0 radical (unpaired) electrons. The molecular formula is C58H38N2O. The molecule has 3 nitrogen and oxygen atoms in total. The quantitative estimate of drug-likeness (QED) is 0.161. The van der Waals surface area contributed by atoms with Gasteiger partial charge in [0.1, 0.15) is 11.2 Å². The number of para-hydroxylation sites is 6. The number of benzene rings is 10. The van der Waals surface area contributed by atoms with Crippen LogP contribution in [0.2, 0.25) is 0 Å². The topological polar surface area (TPSA) is 21.3 Å². The second-order valence-corrected chi connectivity index (χ2v) is 15.6. The van der Waals surface area contributed by atoms with Gasteiger partial charge in [-0.2, -0.15) is 0 Å². The summed E-state index contributed by atoms with van der Waals surface area (Å²) in [7, 11) is 0. The standard InChI is InChI=1S/C58H38N2O/c1-2-19-40(20-3-1)43-22-6-11-29-50(43)59(52-31-13-8-24-45(52)47-27-16-28-48-46-25-10-15-35-56(46)61-58(47)48)54-33-17-34-55-57(54)49-26-9-14-32-53(49)60(55)51-30-12-7-23-44(51)42-37-36-39-18-4-5-21-41(39)38-42/h1-38H. The van der Waals surface area contributed by atoms with Gasteiger partial charge in [0, 0.05) is 43.8 Å². The normalized spacial score (nSPS) is 11.6. The van der Waals surface area contributed by atoms with Crippen LogP contribution < -0.4 is 4.90 Å². The number of anilines is 3. The Hall–Kier alpha value is -8.14.